The summed E-state index contributed by atoms with van der Waals surface area (Å²) in [5.41, 5.74) is -0.531. The van der Waals surface area contributed by atoms with Crippen molar-refractivity contribution in [3.8, 4) is 0 Å². The van der Waals surface area contributed by atoms with Crippen molar-refractivity contribution in [3.63, 3.8) is 0 Å². The van der Waals surface area contributed by atoms with Crippen LogP contribution in [0.25, 0.3) is 0 Å². The zero-order chi connectivity index (χ0) is 15.1. The van der Waals surface area contributed by atoms with Crippen molar-refractivity contribution in [1.82, 2.24) is 10.4 Å². The number of ether oxygens (including phenoxy) is 1. The van der Waals surface area contributed by atoms with Crippen LogP contribution >= 0.6 is 9.39 Å². The van der Waals surface area contributed by atoms with Crippen molar-refractivity contribution in [1.29, 1.82) is 0 Å². The lowest BCUT2D eigenvalue weighted by Crippen LogP contribution is -2.49. The van der Waals surface area contributed by atoms with E-state index in [4.69, 9.17) is 4.74 Å². The molecule has 19 heavy (non-hydrogen) atoms. The van der Waals surface area contributed by atoms with Crippen molar-refractivity contribution >= 4 is 15.4 Å². The molecule has 0 spiro atoms. The number of hydrogen-bond acceptors (Lipinski definition) is 4. The van der Waals surface area contributed by atoms with Gasteiger partial charge in [0.25, 0.3) is 0 Å². The highest BCUT2D eigenvalue weighted by molar-refractivity contribution is 7.13. The third-order valence-electron chi connectivity index (χ3n) is 2.36. The number of carbonyl (C=O) groups is 1. The maximum Gasteiger partial charge on any atom is 0.323 e. The molecule has 0 aliphatic rings. The summed E-state index contributed by atoms with van der Waals surface area (Å²) in [7, 11) is 2.49. The number of hydrogen-bond donors (Lipinski definition) is 2. The highest BCUT2D eigenvalue weighted by atomic mass is 31.0. The number of carbonyl (C=O) groups excluding carboxylic acids is 1. The summed E-state index contributed by atoms with van der Waals surface area (Å²) in [6.07, 6.45) is 2.85. The lowest BCUT2D eigenvalue weighted by atomic mass is 10.0. The van der Waals surface area contributed by atoms with Gasteiger partial charge in [0.2, 0.25) is 0 Å². The zero-order valence-corrected chi connectivity index (χ0v) is 14.5. The molecule has 114 valence electrons. The van der Waals surface area contributed by atoms with E-state index in [0.717, 1.165) is 25.8 Å². The molecule has 0 heterocycles. The van der Waals surface area contributed by atoms with Gasteiger partial charge in [0, 0.05) is 5.54 Å². The van der Waals surface area contributed by atoms with Gasteiger partial charge in [-0.05, 0) is 60.9 Å². The Balaban J connectivity index is 4.44. The SMILES string of the molecule is CC(C)(C)NC(CCCCNP)C(=O)OC(C)(C)C. The summed E-state index contributed by atoms with van der Waals surface area (Å²) in [4.78, 5) is 12.2. The quantitative estimate of drug-likeness (QED) is 0.430. The fourth-order valence-electron chi connectivity index (χ4n) is 1.72. The summed E-state index contributed by atoms with van der Waals surface area (Å²) in [6.45, 7) is 12.8. The van der Waals surface area contributed by atoms with Crippen LogP contribution in [0.5, 0.6) is 0 Å². The largest absolute Gasteiger partial charge is 0.459 e. The van der Waals surface area contributed by atoms with Gasteiger partial charge >= 0.3 is 5.97 Å². The molecule has 0 radical (unpaired) electrons. The molecule has 0 rings (SSSR count). The van der Waals surface area contributed by atoms with Gasteiger partial charge in [-0.15, -0.1) is 0 Å². The Hall–Kier alpha value is -0.180. The predicted molar refractivity (Wildman–Crippen MR) is 84.1 cm³/mol. The van der Waals surface area contributed by atoms with E-state index in [2.05, 4.69) is 40.6 Å². The average molecular weight is 290 g/mol. The van der Waals surface area contributed by atoms with E-state index < -0.39 is 5.60 Å². The Morgan fingerprint density at radius 2 is 1.74 bits per heavy atom. The molecule has 4 nitrogen and oxygen atoms in total. The molecule has 0 aromatic heterocycles. The van der Waals surface area contributed by atoms with Crippen LogP contribution in [0.3, 0.4) is 0 Å². The van der Waals surface area contributed by atoms with Crippen molar-refractivity contribution in [2.24, 2.45) is 0 Å². The second kappa shape index (κ2) is 8.18. The van der Waals surface area contributed by atoms with E-state index in [0.29, 0.717) is 0 Å². The molecule has 0 bridgehead atoms. The normalized spacial score (nSPS) is 14.3. The van der Waals surface area contributed by atoms with Crippen molar-refractivity contribution in [2.75, 3.05) is 6.54 Å². The molecule has 0 aliphatic carbocycles. The van der Waals surface area contributed by atoms with Crippen molar-refractivity contribution in [2.45, 2.75) is 78.0 Å². The van der Waals surface area contributed by atoms with Crippen molar-refractivity contribution < 1.29 is 9.53 Å². The summed E-state index contributed by atoms with van der Waals surface area (Å²) < 4.78 is 5.48. The summed E-state index contributed by atoms with van der Waals surface area (Å²) >= 11 is 0. The molecule has 0 aromatic carbocycles. The highest BCUT2D eigenvalue weighted by Crippen LogP contribution is 2.14. The van der Waals surface area contributed by atoms with Crippen LogP contribution in [0.4, 0.5) is 0 Å². The summed E-state index contributed by atoms with van der Waals surface area (Å²) in [6, 6.07) is -0.233. The van der Waals surface area contributed by atoms with E-state index in [-0.39, 0.29) is 17.6 Å². The van der Waals surface area contributed by atoms with Gasteiger partial charge in [-0.2, -0.15) is 0 Å². The Labute approximate surface area is 120 Å². The summed E-state index contributed by atoms with van der Waals surface area (Å²) in [5.74, 6) is -0.152. The number of unbranched alkanes of at least 4 members (excludes halogenated alkanes) is 1. The third-order valence-corrected chi connectivity index (χ3v) is 2.65. The topological polar surface area (TPSA) is 50.4 Å². The zero-order valence-electron chi connectivity index (χ0n) is 13.3. The van der Waals surface area contributed by atoms with Gasteiger partial charge < -0.3 is 9.82 Å². The van der Waals surface area contributed by atoms with Crippen LogP contribution in [0.15, 0.2) is 0 Å². The third kappa shape index (κ3) is 11.4. The molecule has 0 saturated carbocycles. The second-order valence-corrected chi connectivity index (χ2v) is 7.34. The van der Waals surface area contributed by atoms with E-state index in [1.807, 2.05) is 20.8 Å². The molecule has 2 unspecified atom stereocenters. The molecule has 0 aliphatic heterocycles. The van der Waals surface area contributed by atoms with Crippen LogP contribution in [0.2, 0.25) is 0 Å². The minimum Gasteiger partial charge on any atom is -0.459 e. The average Bonchev–Trinajstić information content (AvgIpc) is 2.18. The minimum atomic E-state index is -0.434. The van der Waals surface area contributed by atoms with Crippen LogP contribution in [0, 0.1) is 0 Å². The van der Waals surface area contributed by atoms with Gasteiger partial charge in [0.05, 0.1) is 0 Å². The van der Waals surface area contributed by atoms with Crippen molar-refractivity contribution in [3.05, 3.63) is 0 Å². The number of rotatable bonds is 7. The van der Waals surface area contributed by atoms with Gasteiger partial charge in [-0.1, -0.05) is 15.8 Å². The van der Waals surface area contributed by atoms with Crippen LogP contribution < -0.4 is 10.4 Å². The Bertz CT molecular complexity index is 270. The molecule has 0 saturated heterocycles. The monoisotopic (exact) mass is 290 g/mol. The van der Waals surface area contributed by atoms with Crippen LogP contribution in [-0.4, -0.2) is 29.7 Å². The first kappa shape index (κ1) is 18.8. The first-order valence-corrected chi connectivity index (χ1v) is 7.57. The number of nitrogens with one attached hydrogen (secondary N) is 2. The van der Waals surface area contributed by atoms with Gasteiger partial charge in [0.1, 0.15) is 11.6 Å². The molecule has 0 fully saturated rings. The van der Waals surface area contributed by atoms with Crippen LogP contribution in [-0.2, 0) is 9.53 Å². The number of esters is 1. The minimum absolute atomic E-state index is 0.0968. The fourth-order valence-corrected chi connectivity index (χ4v) is 1.92. The predicted octanol–water partition coefficient (Wildman–Crippen LogP) is 2.63. The maximum absolute atomic E-state index is 12.2. The Morgan fingerprint density at radius 3 is 2.16 bits per heavy atom. The molecular weight excluding hydrogens is 259 g/mol. The molecule has 0 aromatic rings. The lowest BCUT2D eigenvalue weighted by Gasteiger charge is -2.30. The fraction of sp³-hybridized carbons (Fsp3) is 0.929. The molecule has 0 amide bonds. The summed E-state index contributed by atoms with van der Waals surface area (Å²) in [5, 5.41) is 6.39. The molecule has 2 N–H and O–H groups in total. The van der Waals surface area contributed by atoms with Gasteiger partial charge in [-0.25, -0.2) is 0 Å². The van der Waals surface area contributed by atoms with E-state index in [1.165, 1.54) is 0 Å². The highest BCUT2D eigenvalue weighted by Gasteiger charge is 2.27. The second-order valence-electron chi connectivity index (χ2n) is 6.93. The first-order valence-electron chi connectivity index (χ1n) is 6.99. The molecular formula is C14H31N2O2P. The molecule has 2 atom stereocenters. The smallest absolute Gasteiger partial charge is 0.323 e. The lowest BCUT2D eigenvalue weighted by molar-refractivity contribution is -0.158. The Morgan fingerprint density at radius 1 is 1.16 bits per heavy atom. The van der Waals surface area contributed by atoms with E-state index in [1.54, 1.807) is 0 Å². The van der Waals surface area contributed by atoms with E-state index in [9.17, 15) is 4.79 Å². The maximum atomic E-state index is 12.2. The molecule has 5 heteroatoms. The van der Waals surface area contributed by atoms with Gasteiger partial charge in [0.15, 0.2) is 0 Å². The first-order chi connectivity index (χ1) is 8.55. The standard InChI is InChI=1S/C14H31N2O2P/c1-13(2,3)16-11(9-7-8-10-15-19)12(17)18-14(4,5)6/h11,15-16H,7-10,19H2,1-6H3. The Kier molecular flexibility index (Phi) is 8.11. The van der Waals surface area contributed by atoms with Gasteiger partial charge in [-0.3, -0.25) is 10.1 Å². The van der Waals surface area contributed by atoms with E-state index >= 15 is 0 Å². The van der Waals surface area contributed by atoms with Crippen LogP contribution in [0.1, 0.15) is 60.8 Å².